The van der Waals surface area contributed by atoms with Gasteiger partial charge in [-0.15, -0.1) is 0 Å². The van der Waals surface area contributed by atoms with Gasteiger partial charge in [0.2, 0.25) is 11.5 Å². The van der Waals surface area contributed by atoms with Gasteiger partial charge >= 0.3 is 12.4 Å². The summed E-state index contributed by atoms with van der Waals surface area (Å²) in [5.41, 5.74) is -2.33. The Balaban J connectivity index is 1.81. The first-order chi connectivity index (χ1) is 22.0. The summed E-state index contributed by atoms with van der Waals surface area (Å²) in [6, 6.07) is 7.38. The number of alkyl halides is 7. The molecule has 0 fully saturated rings. The molecule has 0 aliphatic heterocycles. The lowest BCUT2D eigenvalue weighted by Gasteiger charge is -2.31. The second-order valence-corrected chi connectivity index (χ2v) is 10.0. The van der Waals surface area contributed by atoms with E-state index in [0.29, 0.717) is 18.3 Å². The molecule has 2 amide bonds. The number of amides is 2. The van der Waals surface area contributed by atoms with E-state index in [1.54, 1.807) is 0 Å². The molecule has 0 saturated carbocycles. The summed E-state index contributed by atoms with van der Waals surface area (Å²) >= 11 is 0. The van der Waals surface area contributed by atoms with E-state index in [4.69, 9.17) is 15.2 Å². The number of halogens is 8. The monoisotopic (exact) mass is 672 g/mol. The summed E-state index contributed by atoms with van der Waals surface area (Å²) in [5.74, 6) is -3.56. The number of hydrogen-bond acceptors (Lipinski definition) is 7. The highest BCUT2D eigenvalue weighted by Gasteiger charge is 2.57. The fraction of sp³-hybridized carbons (Fsp3) is 0.267. The molecule has 4 N–H and O–H groups in total. The van der Waals surface area contributed by atoms with Gasteiger partial charge in [0.05, 0.1) is 31.3 Å². The van der Waals surface area contributed by atoms with Crippen molar-refractivity contribution in [2.75, 3.05) is 26.9 Å². The van der Waals surface area contributed by atoms with Gasteiger partial charge in [-0.1, -0.05) is 0 Å². The van der Waals surface area contributed by atoms with Crippen LogP contribution in [0, 0.1) is 5.82 Å². The number of methoxy groups -OCH3 is 1. The summed E-state index contributed by atoms with van der Waals surface area (Å²) < 4.78 is 121. The number of carbonyl (C=O) groups excluding carboxylic acids is 2. The van der Waals surface area contributed by atoms with Crippen LogP contribution in [-0.4, -0.2) is 60.0 Å². The van der Waals surface area contributed by atoms with E-state index in [1.807, 2.05) is 5.32 Å². The van der Waals surface area contributed by atoms with Crippen LogP contribution in [-0.2, 0) is 23.0 Å². The maximum absolute atomic E-state index is 14.6. The zero-order chi connectivity index (χ0) is 34.7. The SMILES string of the molecule is COc1cc(C(=O)NC[C@](O)(c2cc(CC(N)=O)c(OCCF)c(-c3ccc(F)cc3)n2)C(F)(F)F)cc2cc(C(F)(F)F)cnc12. The number of aromatic nitrogens is 2. The number of pyridine rings is 2. The molecule has 2 aromatic heterocycles. The maximum atomic E-state index is 14.6. The fourth-order valence-electron chi connectivity index (χ4n) is 4.53. The molecule has 0 radical (unpaired) electrons. The molecule has 4 rings (SSSR count). The Bertz CT molecular complexity index is 1800. The van der Waals surface area contributed by atoms with Crippen molar-refractivity contribution >= 4 is 22.7 Å². The van der Waals surface area contributed by atoms with Crippen LogP contribution in [0.15, 0.2) is 54.7 Å². The summed E-state index contributed by atoms with van der Waals surface area (Å²) in [5, 5.41) is 12.8. The van der Waals surface area contributed by atoms with Gasteiger partial charge < -0.3 is 25.6 Å². The number of aliphatic hydroxyl groups is 1. The number of primary amides is 1. The zero-order valence-electron chi connectivity index (χ0n) is 24.1. The summed E-state index contributed by atoms with van der Waals surface area (Å²) in [6.07, 6.45) is -10.6. The highest BCUT2D eigenvalue weighted by molar-refractivity contribution is 6.00. The van der Waals surface area contributed by atoms with E-state index in [-0.39, 0.29) is 33.5 Å². The Morgan fingerprint density at radius 1 is 1.02 bits per heavy atom. The van der Waals surface area contributed by atoms with E-state index in [2.05, 4.69) is 9.97 Å². The minimum Gasteiger partial charge on any atom is -0.494 e. The molecule has 0 saturated heterocycles. The predicted octanol–water partition coefficient (Wildman–Crippen LogP) is 5.02. The quantitative estimate of drug-likeness (QED) is 0.191. The molecule has 4 aromatic rings. The van der Waals surface area contributed by atoms with Gasteiger partial charge in [0.1, 0.15) is 41.8 Å². The van der Waals surface area contributed by atoms with Gasteiger partial charge in [-0.3, -0.25) is 14.6 Å². The van der Waals surface area contributed by atoms with Gasteiger partial charge in [-0.2, -0.15) is 26.3 Å². The molecular formula is C30H24F8N4O5. The molecule has 47 heavy (non-hydrogen) atoms. The van der Waals surface area contributed by atoms with Crippen molar-refractivity contribution in [3.05, 3.63) is 82.9 Å². The Morgan fingerprint density at radius 3 is 2.28 bits per heavy atom. The van der Waals surface area contributed by atoms with Gasteiger partial charge in [0.25, 0.3) is 5.91 Å². The number of fused-ring (bicyclic) bond motifs is 1. The van der Waals surface area contributed by atoms with E-state index in [9.17, 15) is 49.8 Å². The molecule has 0 aliphatic rings. The van der Waals surface area contributed by atoms with Crippen LogP contribution in [0.5, 0.6) is 11.5 Å². The minimum atomic E-state index is -5.55. The van der Waals surface area contributed by atoms with E-state index >= 15 is 0 Å². The number of ether oxygens (including phenoxy) is 2. The number of rotatable bonds is 11. The fourth-order valence-corrected chi connectivity index (χ4v) is 4.53. The Kier molecular flexibility index (Phi) is 9.89. The van der Waals surface area contributed by atoms with Gasteiger partial charge in [0, 0.05) is 28.3 Å². The topological polar surface area (TPSA) is 137 Å². The highest BCUT2D eigenvalue weighted by Crippen LogP contribution is 2.42. The van der Waals surface area contributed by atoms with Crippen LogP contribution in [0.4, 0.5) is 35.1 Å². The van der Waals surface area contributed by atoms with Crippen molar-refractivity contribution in [1.29, 1.82) is 0 Å². The van der Waals surface area contributed by atoms with Gasteiger partial charge in [-0.25, -0.2) is 13.8 Å². The van der Waals surface area contributed by atoms with Crippen molar-refractivity contribution < 1.29 is 59.3 Å². The number of hydrogen-bond donors (Lipinski definition) is 3. The summed E-state index contributed by atoms with van der Waals surface area (Å²) in [6.45, 7) is -3.25. The number of nitrogens with zero attached hydrogens (tertiary/aromatic N) is 2. The number of benzene rings is 2. The van der Waals surface area contributed by atoms with Crippen LogP contribution in [0.3, 0.4) is 0 Å². The van der Waals surface area contributed by atoms with Crippen molar-refractivity contribution in [3.8, 4) is 22.8 Å². The van der Waals surface area contributed by atoms with Crippen LogP contribution in [0.25, 0.3) is 22.2 Å². The van der Waals surface area contributed by atoms with E-state index in [0.717, 1.165) is 43.5 Å². The van der Waals surface area contributed by atoms with Crippen molar-refractivity contribution in [2.24, 2.45) is 5.73 Å². The van der Waals surface area contributed by atoms with Crippen LogP contribution in [0.1, 0.15) is 27.2 Å². The molecule has 250 valence electrons. The Morgan fingerprint density at radius 2 is 1.70 bits per heavy atom. The molecule has 2 aromatic carbocycles. The van der Waals surface area contributed by atoms with Crippen molar-refractivity contribution in [3.63, 3.8) is 0 Å². The third-order valence-corrected chi connectivity index (χ3v) is 6.81. The second kappa shape index (κ2) is 13.4. The summed E-state index contributed by atoms with van der Waals surface area (Å²) in [7, 11) is 1.13. The molecule has 17 heteroatoms. The van der Waals surface area contributed by atoms with Crippen LogP contribution < -0.4 is 20.5 Å². The third kappa shape index (κ3) is 7.51. The zero-order valence-corrected chi connectivity index (χ0v) is 24.1. The average Bonchev–Trinajstić information content (AvgIpc) is 3.00. The molecule has 0 bridgehead atoms. The first-order valence-electron chi connectivity index (χ1n) is 13.4. The van der Waals surface area contributed by atoms with Gasteiger partial charge in [0.15, 0.2) is 0 Å². The molecule has 0 spiro atoms. The molecule has 0 unspecified atom stereocenters. The predicted molar refractivity (Wildman–Crippen MR) is 150 cm³/mol. The summed E-state index contributed by atoms with van der Waals surface area (Å²) in [4.78, 5) is 32.5. The first kappa shape index (κ1) is 34.8. The Labute approximate surface area is 260 Å². The lowest BCUT2D eigenvalue weighted by atomic mass is 9.93. The lowest BCUT2D eigenvalue weighted by Crippen LogP contribution is -2.51. The molecule has 9 nitrogen and oxygen atoms in total. The third-order valence-electron chi connectivity index (χ3n) is 6.81. The standard InChI is InChI=1S/C30H24F8N4O5/c1-46-21-10-18(8-16-9-19(29(33,34)35)13-40-24(16)21)27(44)41-14-28(45,30(36,37)38)22-11-17(12-23(39)43)26(47-7-6-31)25(42-22)15-2-4-20(32)5-3-15/h2-5,8-11,13,45H,6-7,12,14H2,1H3,(H2,39,43)(H,41,44)/t28-/m0/s1. The van der Waals surface area contributed by atoms with Crippen molar-refractivity contribution in [2.45, 2.75) is 24.4 Å². The second-order valence-electron chi connectivity index (χ2n) is 10.0. The average molecular weight is 673 g/mol. The highest BCUT2D eigenvalue weighted by atomic mass is 19.4. The molecular weight excluding hydrogens is 648 g/mol. The van der Waals surface area contributed by atoms with Crippen LogP contribution >= 0.6 is 0 Å². The minimum absolute atomic E-state index is 0.0449. The number of nitrogens with one attached hydrogen (secondary N) is 1. The van der Waals surface area contributed by atoms with Crippen LogP contribution in [0.2, 0.25) is 0 Å². The number of carbonyl (C=O) groups is 2. The molecule has 2 heterocycles. The Hall–Kier alpha value is -5.06. The smallest absolute Gasteiger partial charge is 0.424 e. The first-order valence-corrected chi connectivity index (χ1v) is 13.4. The largest absolute Gasteiger partial charge is 0.494 e. The molecule has 1 atom stereocenters. The van der Waals surface area contributed by atoms with E-state index < -0.39 is 84.3 Å². The number of nitrogens with two attached hydrogens (primary N) is 1. The normalized spacial score (nSPS) is 13.2. The van der Waals surface area contributed by atoms with Gasteiger partial charge in [-0.05, 0) is 48.5 Å². The lowest BCUT2D eigenvalue weighted by molar-refractivity contribution is -0.265. The van der Waals surface area contributed by atoms with E-state index in [1.165, 1.54) is 0 Å². The maximum Gasteiger partial charge on any atom is 0.424 e. The molecule has 0 aliphatic carbocycles. The van der Waals surface area contributed by atoms with Crippen molar-refractivity contribution in [1.82, 2.24) is 15.3 Å².